The molecular formula is C20H21F3O3. The summed E-state index contributed by atoms with van der Waals surface area (Å²) >= 11 is 0. The predicted octanol–water partition coefficient (Wildman–Crippen LogP) is 4.80. The van der Waals surface area contributed by atoms with E-state index < -0.39 is 28.7 Å². The number of hydrogen-bond acceptors (Lipinski definition) is 3. The van der Waals surface area contributed by atoms with E-state index in [1.165, 1.54) is 0 Å². The number of aromatic hydroxyl groups is 1. The number of carbonyl (C=O) groups excluding carboxylic acids is 1. The van der Waals surface area contributed by atoms with Crippen LogP contribution < -0.4 is 0 Å². The summed E-state index contributed by atoms with van der Waals surface area (Å²) in [6.07, 6.45) is -2.10. The topological polar surface area (TPSA) is 57.5 Å². The van der Waals surface area contributed by atoms with Crippen molar-refractivity contribution in [2.75, 3.05) is 0 Å². The Morgan fingerprint density at radius 2 is 2.00 bits per heavy atom. The maximum absolute atomic E-state index is 13.0. The standard InChI is InChI=1S/C20H21F3O3/c1-19-7-6-13-12-5-3-11(24)8-10(12)2-4-14(13)16(19)9-15(17(19)25)18(26)20(21,22)23/h3,5,8,13-14,16,24,26H,2,4,6-7,9H2,1H3/t13-,14-,16+,19+/m1/s1. The van der Waals surface area contributed by atoms with Gasteiger partial charge in [0, 0.05) is 11.0 Å². The van der Waals surface area contributed by atoms with E-state index in [9.17, 15) is 28.2 Å². The summed E-state index contributed by atoms with van der Waals surface area (Å²) in [4.78, 5) is 12.8. The third-order valence-corrected chi connectivity index (χ3v) is 6.87. The van der Waals surface area contributed by atoms with Crippen LogP contribution in [0, 0.1) is 17.3 Å². The van der Waals surface area contributed by atoms with Crippen molar-refractivity contribution in [2.45, 2.75) is 51.1 Å². The van der Waals surface area contributed by atoms with Crippen LogP contribution in [-0.2, 0) is 11.2 Å². The summed E-state index contributed by atoms with van der Waals surface area (Å²) in [6.45, 7) is 1.76. The zero-order valence-electron chi connectivity index (χ0n) is 14.4. The highest BCUT2D eigenvalue weighted by molar-refractivity contribution is 6.03. The highest BCUT2D eigenvalue weighted by atomic mass is 19.4. The number of Topliss-reactive ketones (excluding diaryl/α,β-unsaturated/α-hetero) is 1. The van der Waals surface area contributed by atoms with E-state index in [0.29, 0.717) is 6.42 Å². The van der Waals surface area contributed by atoms with Gasteiger partial charge in [-0.25, -0.2) is 0 Å². The number of hydrogen-bond donors (Lipinski definition) is 2. The molecule has 2 saturated carbocycles. The third-order valence-electron chi connectivity index (χ3n) is 6.87. The van der Waals surface area contributed by atoms with Gasteiger partial charge in [-0.05, 0) is 73.1 Å². The molecule has 0 unspecified atom stereocenters. The number of carbonyl (C=O) groups is 1. The van der Waals surface area contributed by atoms with Gasteiger partial charge in [0.05, 0.1) is 0 Å². The van der Waals surface area contributed by atoms with Crippen LogP contribution >= 0.6 is 0 Å². The Morgan fingerprint density at radius 3 is 2.69 bits per heavy atom. The average molecular weight is 366 g/mol. The summed E-state index contributed by atoms with van der Waals surface area (Å²) in [5.41, 5.74) is 0.964. The summed E-state index contributed by atoms with van der Waals surface area (Å²) < 4.78 is 38.9. The number of fused-ring (bicyclic) bond motifs is 5. The number of rotatable bonds is 0. The summed E-state index contributed by atoms with van der Waals surface area (Å²) in [5, 5.41) is 19.3. The van der Waals surface area contributed by atoms with E-state index >= 15 is 0 Å². The molecule has 4 rings (SSSR count). The van der Waals surface area contributed by atoms with Gasteiger partial charge in [0.25, 0.3) is 0 Å². The first kappa shape index (κ1) is 17.4. The molecule has 0 saturated heterocycles. The van der Waals surface area contributed by atoms with Gasteiger partial charge in [-0.3, -0.25) is 4.79 Å². The normalized spacial score (nSPS) is 35.5. The molecule has 3 aliphatic carbocycles. The third kappa shape index (κ3) is 2.37. The number of phenolic OH excluding ortho intramolecular Hbond substituents is 1. The molecule has 140 valence electrons. The maximum Gasteiger partial charge on any atom is 0.449 e. The number of aliphatic hydroxyl groups is 1. The van der Waals surface area contributed by atoms with E-state index in [-0.39, 0.29) is 29.9 Å². The first-order valence-corrected chi connectivity index (χ1v) is 8.99. The Kier molecular flexibility index (Phi) is 3.69. The van der Waals surface area contributed by atoms with E-state index in [0.717, 1.165) is 30.4 Å². The molecule has 0 radical (unpaired) electrons. The minimum absolute atomic E-state index is 0.00470. The molecule has 4 atom stereocenters. The second kappa shape index (κ2) is 5.51. The molecule has 1 aromatic rings. The maximum atomic E-state index is 13.0. The molecule has 3 aliphatic rings. The Hall–Kier alpha value is -1.98. The second-order valence-electron chi connectivity index (χ2n) is 8.11. The zero-order chi connectivity index (χ0) is 18.9. The molecule has 3 nitrogen and oxygen atoms in total. The Bertz CT molecular complexity index is 811. The van der Waals surface area contributed by atoms with Gasteiger partial charge in [0.15, 0.2) is 5.78 Å². The van der Waals surface area contributed by atoms with Crippen molar-refractivity contribution in [3.8, 4) is 5.75 Å². The molecule has 0 heterocycles. The number of phenols is 1. The second-order valence-corrected chi connectivity index (χ2v) is 8.11. The molecular weight excluding hydrogens is 345 g/mol. The first-order valence-electron chi connectivity index (χ1n) is 8.99. The van der Waals surface area contributed by atoms with Crippen LogP contribution in [0.3, 0.4) is 0 Å². The quantitative estimate of drug-likeness (QED) is 0.512. The highest BCUT2D eigenvalue weighted by Gasteiger charge is 2.58. The minimum atomic E-state index is -4.88. The van der Waals surface area contributed by atoms with Crippen LogP contribution in [0.5, 0.6) is 5.75 Å². The lowest BCUT2D eigenvalue weighted by Gasteiger charge is -2.48. The SMILES string of the molecule is C[C@]12CC[C@@H]3c4ccc(O)cc4CC[C@H]3[C@@H]1CC(=C(O)C(F)(F)F)C2=O. The zero-order valence-corrected chi connectivity index (χ0v) is 14.4. The van der Waals surface area contributed by atoms with Crippen LogP contribution in [-0.4, -0.2) is 22.2 Å². The lowest BCUT2D eigenvalue weighted by molar-refractivity contribution is -0.131. The Labute approximate surface area is 149 Å². The van der Waals surface area contributed by atoms with Crippen molar-refractivity contribution in [1.82, 2.24) is 0 Å². The number of halogens is 3. The molecule has 0 aliphatic heterocycles. The Balaban J connectivity index is 1.73. The number of benzene rings is 1. The summed E-state index contributed by atoms with van der Waals surface area (Å²) in [6, 6.07) is 5.32. The first-order chi connectivity index (χ1) is 12.1. The largest absolute Gasteiger partial charge is 0.508 e. The smallest absolute Gasteiger partial charge is 0.449 e. The van der Waals surface area contributed by atoms with E-state index in [1.54, 1.807) is 19.1 Å². The van der Waals surface area contributed by atoms with Gasteiger partial charge in [-0.1, -0.05) is 13.0 Å². The number of aliphatic hydroxyl groups excluding tert-OH is 1. The summed E-state index contributed by atoms with van der Waals surface area (Å²) in [5.74, 6) is -1.90. The van der Waals surface area contributed by atoms with Crippen LogP contribution in [0.1, 0.15) is 49.7 Å². The van der Waals surface area contributed by atoms with Crippen LogP contribution in [0.4, 0.5) is 13.2 Å². The van der Waals surface area contributed by atoms with Crippen LogP contribution in [0.2, 0.25) is 0 Å². The number of ketones is 1. The van der Waals surface area contributed by atoms with Gasteiger partial charge in [-0.2, -0.15) is 13.2 Å². The number of alkyl halides is 3. The van der Waals surface area contributed by atoms with Gasteiger partial charge < -0.3 is 10.2 Å². The Morgan fingerprint density at radius 1 is 1.27 bits per heavy atom. The van der Waals surface area contributed by atoms with Gasteiger partial charge >= 0.3 is 6.18 Å². The molecule has 26 heavy (non-hydrogen) atoms. The molecule has 6 heteroatoms. The van der Waals surface area contributed by atoms with E-state index in [1.807, 2.05) is 6.07 Å². The van der Waals surface area contributed by atoms with E-state index in [2.05, 4.69) is 0 Å². The van der Waals surface area contributed by atoms with Crippen molar-refractivity contribution < 1.29 is 28.2 Å². The lowest BCUT2D eigenvalue weighted by atomic mass is 9.55. The van der Waals surface area contributed by atoms with Crippen molar-refractivity contribution in [3.63, 3.8) is 0 Å². The number of allylic oxidation sites excluding steroid dienone is 2. The highest BCUT2D eigenvalue weighted by Crippen LogP contribution is 2.61. The number of aryl methyl sites for hydroxylation is 1. The molecule has 1 aromatic carbocycles. The minimum Gasteiger partial charge on any atom is -0.508 e. The van der Waals surface area contributed by atoms with Crippen molar-refractivity contribution >= 4 is 5.78 Å². The average Bonchev–Trinajstić information content (AvgIpc) is 2.84. The fourth-order valence-corrected chi connectivity index (χ4v) is 5.58. The van der Waals surface area contributed by atoms with Gasteiger partial charge in [-0.15, -0.1) is 0 Å². The molecule has 0 aromatic heterocycles. The van der Waals surface area contributed by atoms with Crippen LogP contribution in [0.15, 0.2) is 29.5 Å². The molecule has 2 fully saturated rings. The fraction of sp³-hybridized carbons (Fsp3) is 0.550. The molecule has 0 spiro atoms. The van der Waals surface area contributed by atoms with E-state index in [4.69, 9.17) is 0 Å². The van der Waals surface area contributed by atoms with Crippen molar-refractivity contribution in [3.05, 3.63) is 40.7 Å². The molecule has 2 N–H and O–H groups in total. The van der Waals surface area contributed by atoms with Gasteiger partial charge in [0.1, 0.15) is 5.75 Å². The molecule has 0 bridgehead atoms. The molecule has 0 amide bonds. The lowest BCUT2D eigenvalue weighted by Crippen LogP contribution is -2.42. The van der Waals surface area contributed by atoms with Crippen LogP contribution in [0.25, 0.3) is 0 Å². The van der Waals surface area contributed by atoms with Crippen molar-refractivity contribution in [1.29, 1.82) is 0 Å². The monoisotopic (exact) mass is 366 g/mol. The van der Waals surface area contributed by atoms with Crippen molar-refractivity contribution in [2.24, 2.45) is 17.3 Å². The fourth-order valence-electron chi connectivity index (χ4n) is 5.58. The van der Waals surface area contributed by atoms with Gasteiger partial charge in [0.2, 0.25) is 5.76 Å². The predicted molar refractivity (Wildman–Crippen MR) is 88.8 cm³/mol. The summed E-state index contributed by atoms with van der Waals surface area (Å²) in [7, 11) is 0.